The highest BCUT2D eigenvalue weighted by atomic mass is 79.9. The molecule has 0 unspecified atom stereocenters. The molecule has 110 valence electrons. The first kappa shape index (κ1) is 14.4. The number of aliphatic hydroxyl groups is 1. The van der Waals surface area contributed by atoms with E-state index in [-0.39, 0.29) is 5.60 Å². The Morgan fingerprint density at radius 2 is 2.15 bits per heavy atom. The Bertz CT molecular complexity index is 483. The molecule has 1 spiro atoms. The van der Waals surface area contributed by atoms with Crippen molar-refractivity contribution in [3.8, 4) is 5.75 Å². The molecule has 1 N–H and O–H groups in total. The van der Waals surface area contributed by atoms with Gasteiger partial charge in [0.1, 0.15) is 11.4 Å². The molecule has 0 amide bonds. The van der Waals surface area contributed by atoms with Crippen LogP contribution < -0.4 is 4.74 Å². The Kier molecular flexibility index (Phi) is 4.07. The summed E-state index contributed by atoms with van der Waals surface area (Å²) >= 11 is 3.48. The van der Waals surface area contributed by atoms with Crippen LogP contribution in [0, 0.1) is 0 Å². The summed E-state index contributed by atoms with van der Waals surface area (Å²) in [5.74, 6) is 0.849. The molecule has 0 aliphatic carbocycles. The van der Waals surface area contributed by atoms with Crippen LogP contribution in [-0.4, -0.2) is 35.2 Å². The molecule has 0 saturated carbocycles. The van der Waals surface area contributed by atoms with E-state index in [0.29, 0.717) is 0 Å². The minimum atomic E-state index is -0.399. The summed E-state index contributed by atoms with van der Waals surface area (Å²) in [6.07, 6.45) is 3.55. The lowest BCUT2D eigenvalue weighted by atomic mass is 9.81. The second kappa shape index (κ2) is 5.66. The van der Waals surface area contributed by atoms with Gasteiger partial charge in [-0.05, 0) is 37.9 Å². The van der Waals surface area contributed by atoms with E-state index in [1.807, 2.05) is 18.2 Å². The molecule has 3 nitrogen and oxygen atoms in total. The van der Waals surface area contributed by atoms with Crippen molar-refractivity contribution in [3.05, 3.63) is 28.2 Å². The van der Waals surface area contributed by atoms with E-state index in [4.69, 9.17) is 4.74 Å². The third-order valence-electron chi connectivity index (χ3n) is 4.53. The molecule has 1 atom stereocenters. The third kappa shape index (κ3) is 2.74. The van der Waals surface area contributed by atoms with E-state index in [1.165, 1.54) is 13.0 Å². The smallest absolute Gasteiger partial charge is 0.127 e. The van der Waals surface area contributed by atoms with Crippen molar-refractivity contribution in [1.29, 1.82) is 0 Å². The number of halogens is 1. The van der Waals surface area contributed by atoms with Crippen molar-refractivity contribution in [2.75, 3.05) is 19.6 Å². The Labute approximate surface area is 129 Å². The molecule has 1 fully saturated rings. The molecule has 1 saturated heterocycles. The molecule has 1 aromatic carbocycles. The van der Waals surface area contributed by atoms with Gasteiger partial charge in [0.2, 0.25) is 0 Å². The van der Waals surface area contributed by atoms with E-state index >= 15 is 0 Å². The number of nitrogens with zero attached hydrogens (tertiary/aromatic N) is 1. The van der Waals surface area contributed by atoms with E-state index in [2.05, 4.69) is 27.8 Å². The lowest BCUT2D eigenvalue weighted by Gasteiger charge is -2.46. The van der Waals surface area contributed by atoms with Gasteiger partial charge in [-0.15, -0.1) is 0 Å². The SMILES string of the molecule is CCCN1CCC2(CC1)C[C@H](O)c1ccc(Br)cc1O2. The molecule has 0 aromatic heterocycles. The Hall–Kier alpha value is -0.580. The van der Waals surface area contributed by atoms with Crippen LogP contribution in [0.15, 0.2) is 22.7 Å². The number of aliphatic hydroxyl groups excluding tert-OH is 1. The molecule has 0 radical (unpaired) electrons. The zero-order valence-corrected chi connectivity index (χ0v) is 13.5. The van der Waals surface area contributed by atoms with Crippen molar-refractivity contribution in [2.45, 2.75) is 44.3 Å². The van der Waals surface area contributed by atoms with Crippen LogP contribution in [0.25, 0.3) is 0 Å². The normalized spacial score (nSPS) is 25.2. The average molecular weight is 340 g/mol. The summed E-state index contributed by atoms with van der Waals surface area (Å²) in [5.41, 5.74) is 0.757. The van der Waals surface area contributed by atoms with E-state index in [9.17, 15) is 5.11 Å². The molecule has 2 aliphatic rings. The lowest BCUT2D eigenvalue weighted by molar-refractivity contribution is -0.0538. The van der Waals surface area contributed by atoms with Crippen LogP contribution in [0.4, 0.5) is 0 Å². The van der Waals surface area contributed by atoms with Crippen LogP contribution >= 0.6 is 15.9 Å². The Balaban J connectivity index is 1.77. The fraction of sp³-hybridized carbons (Fsp3) is 0.625. The molecule has 2 heterocycles. The van der Waals surface area contributed by atoms with Crippen molar-refractivity contribution in [1.82, 2.24) is 4.90 Å². The predicted molar refractivity (Wildman–Crippen MR) is 83.0 cm³/mol. The zero-order chi connectivity index (χ0) is 14.2. The van der Waals surface area contributed by atoms with Crippen molar-refractivity contribution in [3.63, 3.8) is 0 Å². The first-order valence-electron chi connectivity index (χ1n) is 7.51. The summed E-state index contributed by atoms with van der Waals surface area (Å²) in [6.45, 7) is 5.54. The highest BCUT2D eigenvalue weighted by Gasteiger charge is 2.42. The number of ether oxygens (including phenoxy) is 1. The maximum Gasteiger partial charge on any atom is 0.127 e. The van der Waals surface area contributed by atoms with Gasteiger partial charge in [0.15, 0.2) is 0 Å². The van der Waals surface area contributed by atoms with Gasteiger partial charge < -0.3 is 14.7 Å². The number of hydrogen-bond donors (Lipinski definition) is 1. The van der Waals surface area contributed by atoms with Gasteiger partial charge in [-0.1, -0.05) is 28.9 Å². The summed E-state index contributed by atoms with van der Waals surface area (Å²) in [4.78, 5) is 2.50. The van der Waals surface area contributed by atoms with Crippen LogP contribution in [0.3, 0.4) is 0 Å². The summed E-state index contributed by atoms with van der Waals surface area (Å²) in [5, 5.41) is 10.4. The van der Waals surface area contributed by atoms with Gasteiger partial charge in [-0.25, -0.2) is 0 Å². The van der Waals surface area contributed by atoms with Crippen molar-refractivity contribution >= 4 is 15.9 Å². The van der Waals surface area contributed by atoms with Gasteiger partial charge in [0.25, 0.3) is 0 Å². The highest BCUT2D eigenvalue weighted by molar-refractivity contribution is 9.10. The van der Waals surface area contributed by atoms with Crippen LogP contribution in [0.2, 0.25) is 0 Å². The number of hydrogen-bond acceptors (Lipinski definition) is 3. The number of piperidine rings is 1. The van der Waals surface area contributed by atoms with Gasteiger partial charge >= 0.3 is 0 Å². The first-order chi connectivity index (χ1) is 9.62. The average Bonchev–Trinajstić information content (AvgIpc) is 2.41. The quantitative estimate of drug-likeness (QED) is 0.894. The summed E-state index contributed by atoms with van der Waals surface area (Å²) in [7, 11) is 0. The van der Waals surface area contributed by atoms with Crippen LogP contribution in [-0.2, 0) is 0 Å². The van der Waals surface area contributed by atoms with Crippen molar-refractivity contribution in [2.24, 2.45) is 0 Å². The van der Waals surface area contributed by atoms with Gasteiger partial charge in [-0.2, -0.15) is 0 Å². The topological polar surface area (TPSA) is 32.7 Å². The number of likely N-dealkylation sites (tertiary alicyclic amines) is 1. The standard InChI is InChI=1S/C16H22BrNO2/c1-2-7-18-8-5-16(6-9-18)11-14(19)13-4-3-12(17)10-15(13)20-16/h3-4,10,14,19H,2,5-9,11H2,1H3/t14-/m0/s1. The summed E-state index contributed by atoms with van der Waals surface area (Å²) < 4.78 is 7.33. The molecule has 20 heavy (non-hydrogen) atoms. The maximum atomic E-state index is 10.4. The van der Waals surface area contributed by atoms with Crippen LogP contribution in [0.5, 0.6) is 5.75 Å². The Morgan fingerprint density at radius 3 is 2.85 bits per heavy atom. The van der Waals surface area contributed by atoms with E-state index in [1.54, 1.807) is 0 Å². The zero-order valence-electron chi connectivity index (χ0n) is 11.9. The second-order valence-electron chi connectivity index (χ2n) is 6.03. The van der Waals surface area contributed by atoms with Crippen LogP contribution in [0.1, 0.15) is 44.3 Å². The first-order valence-corrected chi connectivity index (χ1v) is 8.30. The molecule has 4 heteroatoms. The fourth-order valence-electron chi connectivity index (χ4n) is 3.42. The molecular weight excluding hydrogens is 318 g/mol. The molecule has 3 rings (SSSR count). The third-order valence-corrected chi connectivity index (χ3v) is 5.03. The number of benzene rings is 1. The van der Waals surface area contributed by atoms with E-state index in [0.717, 1.165) is 48.1 Å². The predicted octanol–water partition coefficient (Wildman–Crippen LogP) is 3.51. The summed E-state index contributed by atoms with van der Waals surface area (Å²) in [6, 6.07) is 5.91. The fourth-order valence-corrected chi connectivity index (χ4v) is 3.76. The maximum absolute atomic E-state index is 10.4. The monoisotopic (exact) mass is 339 g/mol. The highest BCUT2D eigenvalue weighted by Crippen LogP contribution is 2.44. The number of fused-ring (bicyclic) bond motifs is 1. The minimum Gasteiger partial charge on any atom is -0.487 e. The molecular formula is C16H22BrNO2. The number of rotatable bonds is 2. The molecule has 2 aliphatic heterocycles. The molecule has 1 aromatic rings. The van der Waals surface area contributed by atoms with E-state index < -0.39 is 6.10 Å². The largest absolute Gasteiger partial charge is 0.487 e. The second-order valence-corrected chi connectivity index (χ2v) is 6.94. The van der Waals surface area contributed by atoms with Gasteiger partial charge in [0.05, 0.1) is 6.10 Å². The minimum absolute atomic E-state index is 0.169. The van der Waals surface area contributed by atoms with Crippen molar-refractivity contribution < 1.29 is 9.84 Å². The Morgan fingerprint density at radius 1 is 1.40 bits per heavy atom. The van der Waals surface area contributed by atoms with Gasteiger partial charge in [-0.3, -0.25) is 0 Å². The molecule has 0 bridgehead atoms. The van der Waals surface area contributed by atoms with Gasteiger partial charge in [0, 0.05) is 29.5 Å². The lowest BCUT2D eigenvalue weighted by Crippen LogP contribution is -2.50.